The third-order valence-corrected chi connectivity index (χ3v) is 3.62. The lowest BCUT2D eigenvalue weighted by Gasteiger charge is -2.38. The van der Waals surface area contributed by atoms with E-state index in [0.29, 0.717) is 16.7 Å². The predicted molar refractivity (Wildman–Crippen MR) is 64.9 cm³/mol. The lowest BCUT2D eigenvalue weighted by atomic mass is 9.75. The fourth-order valence-electron chi connectivity index (χ4n) is 2.75. The number of rotatable bonds is 0. The molecule has 0 amide bonds. The van der Waals surface area contributed by atoms with Crippen LogP contribution in [0.25, 0.3) is 0 Å². The number of aliphatic hydroxyl groups excluding tert-OH is 1. The molecule has 0 spiro atoms. The molecule has 1 aromatic carbocycles. The molecule has 0 fully saturated rings. The first-order valence-corrected chi connectivity index (χ1v) is 5.81. The minimum absolute atomic E-state index is 0.595. The number of hydrogen-bond donors (Lipinski definition) is 3. The molecule has 2 unspecified atom stereocenters. The first kappa shape index (κ1) is 10.7. The molecule has 0 aliphatic heterocycles. The molecule has 0 bridgehead atoms. The van der Waals surface area contributed by atoms with Crippen LogP contribution in [0.5, 0.6) is 0 Å². The van der Waals surface area contributed by atoms with Crippen LogP contribution in [0.1, 0.15) is 30.1 Å². The minimum atomic E-state index is -1.48. The quantitative estimate of drug-likeness (QED) is 0.590. The van der Waals surface area contributed by atoms with Gasteiger partial charge in [-0.1, -0.05) is 36.4 Å². The monoisotopic (exact) mass is 229 g/mol. The third kappa shape index (κ3) is 1.40. The van der Waals surface area contributed by atoms with Crippen molar-refractivity contribution in [1.82, 2.24) is 0 Å². The predicted octanol–water partition coefficient (Wildman–Crippen LogP) is 1.48. The van der Waals surface area contributed by atoms with Crippen LogP contribution >= 0.6 is 0 Å². The van der Waals surface area contributed by atoms with E-state index in [4.69, 9.17) is 5.73 Å². The highest BCUT2D eigenvalue weighted by molar-refractivity contribution is 5.53. The zero-order valence-electron chi connectivity index (χ0n) is 9.43. The summed E-state index contributed by atoms with van der Waals surface area (Å²) in [6.45, 7) is 0. The number of benzene rings is 1. The summed E-state index contributed by atoms with van der Waals surface area (Å²) in [5.41, 5.74) is 7.36. The van der Waals surface area contributed by atoms with E-state index in [1.54, 1.807) is 6.07 Å². The maximum absolute atomic E-state index is 10.5. The second-order valence-electron chi connectivity index (χ2n) is 4.64. The highest BCUT2D eigenvalue weighted by Gasteiger charge is 2.40. The molecule has 0 radical (unpaired) electrons. The molecular formula is C14H15NO2. The molecular weight excluding hydrogens is 214 g/mol. The lowest BCUT2D eigenvalue weighted by molar-refractivity contribution is 0.0699. The van der Waals surface area contributed by atoms with Crippen LogP contribution < -0.4 is 5.73 Å². The average Bonchev–Trinajstić information content (AvgIpc) is 2.37. The Hall–Kier alpha value is -1.42. The molecule has 2 aliphatic rings. The Morgan fingerprint density at radius 2 is 2.06 bits per heavy atom. The zero-order chi connectivity index (χ0) is 12.0. The Balaban J connectivity index is 2.26. The summed E-state index contributed by atoms with van der Waals surface area (Å²) in [6.07, 6.45) is 4.81. The molecule has 4 N–H and O–H groups in total. The topological polar surface area (TPSA) is 66.5 Å². The van der Waals surface area contributed by atoms with E-state index in [2.05, 4.69) is 0 Å². The normalized spacial score (nSPS) is 31.1. The van der Waals surface area contributed by atoms with Gasteiger partial charge in [0, 0.05) is 11.1 Å². The molecule has 2 aliphatic carbocycles. The molecule has 2 atom stereocenters. The fraction of sp³-hybridized carbons (Fsp3) is 0.286. The Morgan fingerprint density at radius 3 is 2.88 bits per heavy atom. The number of nitrogens with two attached hydrogens (primary N) is 1. The van der Waals surface area contributed by atoms with Gasteiger partial charge in [-0.3, -0.25) is 5.73 Å². The van der Waals surface area contributed by atoms with E-state index >= 15 is 0 Å². The van der Waals surface area contributed by atoms with Gasteiger partial charge in [0.05, 0.1) is 0 Å². The minimum Gasteiger partial charge on any atom is -0.384 e. The Kier molecular flexibility index (Phi) is 2.23. The summed E-state index contributed by atoms with van der Waals surface area (Å²) >= 11 is 0. The van der Waals surface area contributed by atoms with Crippen LogP contribution in [0.4, 0.5) is 0 Å². The Bertz CT molecular complexity index is 529. The van der Waals surface area contributed by atoms with Crippen molar-refractivity contribution < 1.29 is 10.2 Å². The van der Waals surface area contributed by atoms with Crippen LogP contribution in [0.15, 0.2) is 47.6 Å². The molecule has 0 saturated heterocycles. The van der Waals surface area contributed by atoms with Crippen molar-refractivity contribution in [3.05, 3.63) is 58.7 Å². The van der Waals surface area contributed by atoms with Gasteiger partial charge in [0.1, 0.15) is 6.10 Å². The molecule has 3 nitrogen and oxygen atoms in total. The molecule has 17 heavy (non-hydrogen) atoms. The molecule has 0 aromatic heterocycles. The van der Waals surface area contributed by atoms with Crippen molar-refractivity contribution in [3.8, 4) is 0 Å². The Morgan fingerprint density at radius 1 is 1.29 bits per heavy atom. The summed E-state index contributed by atoms with van der Waals surface area (Å²) in [6, 6.07) is 7.26. The molecule has 3 rings (SSSR count). The highest BCUT2D eigenvalue weighted by atomic mass is 16.3. The van der Waals surface area contributed by atoms with Gasteiger partial charge in [-0.25, -0.2) is 0 Å². The van der Waals surface area contributed by atoms with E-state index in [-0.39, 0.29) is 0 Å². The van der Waals surface area contributed by atoms with E-state index in [9.17, 15) is 10.2 Å². The maximum atomic E-state index is 10.5. The standard InChI is InChI=1S/C14H15NO2/c15-14(17)11-7-3-1-5-9(11)13(16)10-6-2-4-8-12(10)14/h1,3-5,7-8,13,16-17H,2,6,15H2. The van der Waals surface area contributed by atoms with Gasteiger partial charge in [0.2, 0.25) is 0 Å². The van der Waals surface area contributed by atoms with Crippen molar-refractivity contribution in [2.24, 2.45) is 5.73 Å². The summed E-state index contributed by atoms with van der Waals surface area (Å²) in [5.74, 6) is 0. The summed E-state index contributed by atoms with van der Waals surface area (Å²) in [4.78, 5) is 0. The lowest BCUT2D eigenvalue weighted by Crippen LogP contribution is -2.43. The fourth-order valence-corrected chi connectivity index (χ4v) is 2.75. The van der Waals surface area contributed by atoms with Crippen molar-refractivity contribution in [2.45, 2.75) is 24.7 Å². The van der Waals surface area contributed by atoms with Crippen molar-refractivity contribution in [1.29, 1.82) is 0 Å². The molecule has 88 valence electrons. The summed E-state index contributed by atoms with van der Waals surface area (Å²) in [7, 11) is 0. The largest absolute Gasteiger partial charge is 0.384 e. The van der Waals surface area contributed by atoms with E-state index in [1.165, 1.54) is 0 Å². The first-order valence-electron chi connectivity index (χ1n) is 5.81. The van der Waals surface area contributed by atoms with Crippen molar-refractivity contribution in [2.75, 3.05) is 0 Å². The van der Waals surface area contributed by atoms with Gasteiger partial charge in [-0.2, -0.15) is 0 Å². The second kappa shape index (κ2) is 3.53. The van der Waals surface area contributed by atoms with E-state index < -0.39 is 11.8 Å². The van der Waals surface area contributed by atoms with Gasteiger partial charge in [-0.15, -0.1) is 0 Å². The van der Waals surface area contributed by atoms with Crippen LogP contribution in [0.2, 0.25) is 0 Å². The number of allylic oxidation sites excluding steroid dienone is 1. The smallest absolute Gasteiger partial charge is 0.166 e. The average molecular weight is 229 g/mol. The zero-order valence-corrected chi connectivity index (χ0v) is 9.43. The SMILES string of the molecule is NC1(O)C2=C(CCC=C2)C(O)c2ccccc21. The van der Waals surface area contributed by atoms with Gasteiger partial charge in [-0.05, 0) is 24.0 Å². The number of fused-ring (bicyclic) bond motifs is 1. The van der Waals surface area contributed by atoms with Crippen LogP contribution in [-0.2, 0) is 5.72 Å². The molecule has 1 aromatic rings. The van der Waals surface area contributed by atoms with E-state index in [1.807, 2.05) is 30.4 Å². The molecule has 0 heterocycles. The maximum Gasteiger partial charge on any atom is 0.166 e. The summed E-state index contributed by atoms with van der Waals surface area (Å²) in [5, 5.41) is 20.8. The van der Waals surface area contributed by atoms with Gasteiger partial charge < -0.3 is 10.2 Å². The van der Waals surface area contributed by atoms with Crippen molar-refractivity contribution in [3.63, 3.8) is 0 Å². The van der Waals surface area contributed by atoms with Crippen molar-refractivity contribution >= 4 is 0 Å². The van der Waals surface area contributed by atoms with Gasteiger partial charge in [0.25, 0.3) is 0 Å². The molecule has 0 saturated carbocycles. The third-order valence-electron chi connectivity index (χ3n) is 3.62. The van der Waals surface area contributed by atoms with Crippen LogP contribution in [0, 0.1) is 0 Å². The highest BCUT2D eigenvalue weighted by Crippen LogP contribution is 2.44. The molecule has 3 heteroatoms. The number of aliphatic hydroxyl groups is 2. The number of hydrogen-bond acceptors (Lipinski definition) is 3. The summed E-state index contributed by atoms with van der Waals surface area (Å²) < 4.78 is 0. The first-order chi connectivity index (χ1) is 8.12. The van der Waals surface area contributed by atoms with Gasteiger partial charge >= 0.3 is 0 Å². The van der Waals surface area contributed by atoms with Crippen LogP contribution in [0.3, 0.4) is 0 Å². The van der Waals surface area contributed by atoms with Crippen LogP contribution in [-0.4, -0.2) is 10.2 Å². The van der Waals surface area contributed by atoms with E-state index in [0.717, 1.165) is 18.4 Å². The Labute approximate surface area is 99.9 Å². The van der Waals surface area contributed by atoms with Gasteiger partial charge in [0.15, 0.2) is 5.72 Å². The second-order valence-corrected chi connectivity index (χ2v) is 4.64.